The first kappa shape index (κ1) is 13.0. The lowest BCUT2D eigenvalue weighted by Crippen LogP contribution is -2.33. The number of anilines is 1. The summed E-state index contributed by atoms with van der Waals surface area (Å²) in [6, 6.07) is 5.38. The van der Waals surface area contributed by atoms with Crippen molar-refractivity contribution in [2.75, 3.05) is 11.9 Å². The van der Waals surface area contributed by atoms with E-state index in [1.807, 2.05) is 0 Å². The van der Waals surface area contributed by atoms with Crippen molar-refractivity contribution in [2.24, 2.45) is 5.92 Å². The monoisotopic (exact) mass is 274 g/mol. The van der Waals surface area contributed by atoms with Crippen LogP contribution < -0.4 is 15.4 Å². The predicted molar refractivity (Wildman–Crippen MR) is 74.8 cm³/mol. The van der Waals surface area contributed by atoms with Gasteiger partial charge in [-0.3, -0.25) is 9.59 Å². The molecule has 0 radical (unpaired) electrons. The Kier molecular flexibility index (Phi) is 3.34. The number of amides is 2. The Morgan fingerprint density at radius 3 is 3.00 bits per heavy atom. The standard InChI is InChI=1S/C15H18N2O3/c1-9-2-4-11(6-9)16-15(19)10-3-5-13-12(7-10)17-14(18)8-20-13/h3,5,7,9,11H,2,4,6,8H2,1H3,(H,16,19)(H,17,18). The van der Waals surface area contributed by atoms with E-state index in [2.05, 4.69) is 17.6 Å². The number of rotatable bonds is 2. The van der Waals surface area contributed by atoms with Crippen LogP contribution in [-0.2, 0) is 4.79 Å². The molecule has 1 aliphatic carbocycles. The molecule has 1 saturated carbocycles. The van der Waals surface area contributed by atoms with Crippen molar-refractivity contribution in [3.63, 3.8) is 0 Å². The van der Waals surface area contributed by atoms with Crippen molar-refractivity contribution in [1.29, 1.82) is 0 Å². The zero-order valence-corrected chi connectivity index (χ0v) is 11.4. The zero-order valence-electron chi connectivity index (χ0n) is 11.4. The van der Waals surface area contributed by atoms with Crippen LogP contribution in [0, 0.1) is 5.92 Å². The van der Waals surface area contributed by atoms with E-state index in [-0.39, 0.29) is 24.5 Å². The number of benzene rings is 1. The number of ether oxygens (including phenoxy) is 1. The second-order valence-corrected chi connectivity index (χ2v) is 5.64. The van der Waals surface area contributed by atoms with Crippen molar-refractivity contribution < 1.29 is 14.3 Å². The fourth-order valence-corrected chi connectivity index (χ4v) is 2.83. The van der Waals surface area contributed by atoms with Gasteiger partial charge in [-0.25, -0.2) is 0 Å². The topological polar surface area (TPSA) is 67.4 Å². The molecule has 0 bridgehead atoms. The van der Waals surface area contributed by atoms with E-state index in [1.54, 1.807) is 18.2 Å². The molecule has 106 valence electrons. The Hall–Kier alpha value is -2.04. The quantitative estimate of drug-likeness (QED) is 0.866. The minimum absolute atomic E-state index is 0.0263. The molecule has 1 fully saturated rings. The molecule has 0 saturated heterocycles. The van der Waals surface area contributed by atoms with Gasteiger partial charge < -0.3 is 15.4 Å². The zero-order chi connectivity index (χ0) is 14.1. The number of nitrogens with one attached hydrogen (secondary N) is 2. The van der Waals surface area contributed by atoms with Gasteiger partial charge in [0.2, 0.25) is 0 Å². The van der Waals surface area contributed by atoms with Crippen LogP contribution in [0.1, 0.15) is 36.5 Å². The van der Waals surface area contributed by atoms with E-state index in [9.17, 15) is 9.59 Å². The van der Waals surface area contributed by atoms with Gasteiger partial charge in [0.25, 0.3) is 11.8 Å². The van der Waals surface area contributed by atoms with Gasteiger partial charge in [0.1, 0.15) is 5.75 Å². The first-order valence-electron chi connectivity index (χ1n) is 6.99. The molecular formula is C15H18N2O3. The Bertz CT molecular complexity index is 556. The van der Waals surface area contributed by atoms with Crippen LogP contribution in [0.25, 0.3) is 0 Å². The maximum Gasteiger partial charge on any atom is 0.262 e. The molecule has 0 aromatic heterocycles. The first-order valence-corrected chi connectivity index (χ1v) is 6.99. The summed E-state index contributed by atoms with van der Waals surface area (Å²) in [4.78, 5) is 23.5. The summed E-state index contributed by atoms with van der Waals surface area (Å²) in [7, 11) is 0. The van der Waals surface area contributed by atoms with Crippen molar-refractivity contribution >= 4 is 17.5 Å². The van der Waals surface area contributed by atoms with E-state index < -0.39 is 0 Å². The summed E-state index contributed by atoms with van der Waals surface area (Å²) >= 11 is 0. The van der Waals surface area contributed by atoms with Crippen molar-refractivity contribution in [3.8, 4) is 5.75 Å². The third kappa shape index (κ3) is 2.61. The van der Waals surface area contributed by atoms with Gasteiger partial charge in [0.05, 0.1) is 5.69 Å². The molecule has 5 nitrogen and oxygen atoms in total. The second-order valence-electron chi connectivity index (χ2n) is 5.64. The van der Waals surface area contributed by atoms with E-state index in [0.717, 1.165) is 12.8 Å². The van der Waals surface area contributed by atoms with Crippen LogP contribution in [0.3, 0.4) is 0 Å². The van der Waals surface area contributed by atoms with Crippen LogP contribution >= 0.6 is 0 Å². The number of carbonyl (C=O) groups excluding carboxylic acids is 2. The highest BCUT2D eigenvalue weighted by Crippen LogP contribution is 2.29. The number of hydrogen-bond donors (Lipinski definition) is 2. The molecule has 2 aliphatic rings. The van der Waals surface area contributed by atoms with Gasteiger partial charge in [0, 0.05) is 11.6 Å². The molecular weight excluding hydrogens is 256 g/mol. The van der Waals surface area contributed by atoms with Crippen molar-refractivity contribution in [1.82, 2.24) is 5.32 Å². The largest absolute Gasteiger partial charge is 0.482 e. The third-order valence-corrected chi connectivity index (χ3v) is 3.90. The molecule has 2 unspecified atom stereocenters. The van der Waals surface area contributed by atoms with Crippen molar-refractivity contribution in [3.05, 3.63) is 23.8 Å². The highest BCUT2D eigenvalue weighted by molar-refractivity contribution is 5.99. The average molecular weight is 274 g/mol. The molecule has 3 rings (SSSR count). The SMILES string of the molecule is CC1CCC(NC(=O)c2ccc3c(c2)NC(=O)CO3)C1. The fourth-order valence-electron chi connectivity index (χ4n) is 2.83. The minimum atomic E-state index is -0.195. The Morgan fingerprint density at radius 2 is 2.25 bits per heavy atom. The van der Waals surface area contributed by atoms with Gasteiger partial charge in [-0.15, -0.1) is 0 Å². The summed E-state index contributed by atoms with van der Waals surface area (Å²) in [6.07, 6.45) is 3.24. The summed E-state index contributed by atoms with van der Waals surface area (Å²) < 4.78 is 5.27. The molecule has 1 aromatic carbocycles. The Labute approximate surface area is 117 Å². The van der Waals surface area contributed by atoms with E-state index >= 15 is 0 Å². The van der Waals surface area contributed by atoms with Crippen LogP contribution in [0.5, 0.6) is 5.75 Å². The number of fused-ring (bicyclic) bond motifs is 1. The van der Waals surface area contributed by atoms with Crippen LogP contribution in [0.2, 0.25) is 0 Å². The lowest BCUT2D eigenvalue weighted by Gasteiger charge is -2.19. The normalized spacial score (nSPS) is 24.6. The molecule has 5 heteroatoms. The van der Waals surface area contributed by atoms with E-state index in [0.29, 0.717) is 22.9 Å². The van der Waals surface area contributed by atoms with Gasteiger partial charge >= 0.3 is 0 Å². The third-order valence-electron chi connectivity index (χ3n) is 3.90. The summed E-state index contributed by atoms with van der Waals surface area (Å²) in [5.41, 5.74) is 1.11. The maximum absolute atomic E-state index is 12.2. The molecule has 2 N–H and O–H groups in total. The summed E-state index contributed by atoms with van der Waals surface area (Å²) in [6.45, 7) is 2.23. The minimum Gasteiger partial charge on any atom is -0.482 e. The molecule has 1 heterocycles. The average Bonchev–Trinajstić information content (AvgIpc) is 2.83. The summed E-state index contributed by atoms with van der Waals surface area (Å²) in [5, 5.41) is 5.76. The lowest BCUT2D eigenvalue weighted by molar-refractivity contribution is -0.118. The first-order chi connectivity index (χ1) is 9.61. The van der Waals surface area contributed by atoms with E-state index in [1.165, 1.54) is 6.42 Å². The smallest absolute Gasteiger partial charge is 0.262 e. The highest BCUT2D eigenvalue weighted by atomic mass is 16.5. The summed E-state index contributed by atoms with van der Waals surface area (Å²) in [5.74, 6) is 0.999. The van der Waals surface area contributed by atoms with Gasteiger partial charge in [-0.05, 0) is 43.4 Å². The Morgan fingerprint density at radius 1 is 1.40 bits per heavy atom. The van der Waals surface area contributed by atoms with Crippen LogP contribution in [0.4, 0.5) is 5.69 Å². The van der Waals surface area contributed by atoms with Crippen LogP contribution in [-0.4, -0.2) is 24.5 Å². The Balaban J connectivity index is 1.72. The lowest BCUT2D eigenvalue weighted by atomic mass is 10.1. The molecule has 1 aromatic rings. The second kappa shape index (κ2) is 5.15. The molecule has 20 heavy (non-hydrogen) atoms. The maximum atomic E-state index is 12.2. The predicted octanol–water partition coefficient (Wildman–Crippen LogP) is 1.94. The van der Waals surface area contributed by atoms with E-state index in [4.69, 9.17) is 4.74 Å². The highest BCUT2D eigenvalue weighted by Gasteiger charge is 2.24. The molecule has 2 atom stereocenters. The van der Waals surface area contributed by atoms with Gasteiger partial charge in [-0.1, -0.05) is 6.92 Å². The number of carbonyl (C=O) groups is 2. The molecule has 0 spiro atoms. The number of hydrogen-bond acceptors (Lipinski definition) is 3. The van der Waals surface area contributed by atoms with Crippen molar-refractivity contribution in [2.45, 2.75) is 32.2 Å². The van der Waals surface area contributed by atoms with Gasteiger partial charge in [-0.2, -0.15) is 0 Å². The molecule has 2 amide bonds. The van der Waals surface area contributed by atoms with Crippen LogP contribution in [0.15, 0.2) is 18.2 Å². The molecule has 1 aliphatic heterocycles. The fraction of sp³-hybridized carbons (Fsp3) is 0.467. The van der Waals surface area contributed by atoms with Gasteiger partial charge in [0.15, 0.2) is 6.61 Å².